The van der Waals surface area contributed by atoms with Crippen LogP contribution in [0.5, 0.6) is 0 Å². The third-order valence-corrected chi connectivity index (χ3v) is 4.27. The van der Waals surface area contributed by atoms with Gasteiger partial charge in [0, 0.05) is 23.3 Å². The SMILES string of the molecule is CC1OCCC1SCc1cccc(N)c1. The molecule has 2 rings (SSSR count). The maximum Gasteiger partial charge on any atom is 0.0666 e. The molecule has 0 amide bonds. The molecule has 2 atom stereocenters. The lowest BCUT2D eigenvalue weighted by Gasteiger charge is -2.13. The van der Waals surface area contributed by atoms with Crippen molar-refractivity contribution >= 4 is 17.4 Å². The first-order valence-electron chi connectivity index (χ1n) is 5.33. The number of hydrogen-bond donors (Lipinski definition) is 1. The molecule has 1 saturated heterocycles. The van der Waals surface area contributed by atoms with E-state index in [0.717, 1.165) is 18.0 Å². The highest BCUT2D eigenvalue weighted by Gasteiger charge is 2.24. The number of ether oxygens (including phenoxy) is 1. The van der Waals surface area contributed by atoms with E-state index in [-0.39, 0.29) is 0 Å². The monoisotopic (exact) mass is 223 g/mol. The Bertz CT molecular complexity index is 329. The summed E-state index contributed by atoms with van der Waals surface area (Å²) in [6.07, 6.45) is 1.57. The van der Waals surface area contributed by atoms with Crippen molar-refractivity contribution in [1.29, 1.82) is 0 Å². The standard InChI is InChI=1S/C12H17NOS/c1-9-12(5-6-14-9)15-8-10-3-2-4-11(13)7-10/h2-4,7,9,12H,5-6,8,13H2,1H3. The van der Waals surface area contributed by atoms with E-state index in [1.807, 2.05) is 30.0 Å². The van der Waals surface area contributed by atoms with E-state index in [9.17, 15) is 0 Å². The molecule has 0 bridgehead atoms. The van der Waals surface area contributed by atoms with Crippen molar-refractivity contribution in [3.05, 3.63) is 29.8 Å². The van der Waals surface area contributed by atoms with Gasteiger partial charge in [0.1, 0.15) is 0 Å². The summed E-state index contributed by atoms with van der Waals surface area (Å²) in [6, 6.07) is 8.12. The maximum atomic E-state index is 5.74. The van der Waals surface area contributed by atoms with Gasteiger partial charge in [-0.1, -0.05) is 12.1 Å². The molecule has 1 aromatic rings. The minimum Gasteiger partial charge on any atom is -0.399 e. The lowest BCUT2D eigenvalue weighted by molar-refractivity contribution is 0.127. The summed E-state index contributed by atoms with van der Waals surface area (Å²) in [6.45, 7) is 3.07. The van der Waals surface area contributed by atoms with Crippen molar-refractivity contribution in [3.8, 4) is 0 Å². The van der Waals surface area contributed by atoms with Crippen LogP contribution >= 0.6 is 11.8 Å². The van der Waals surface area contributed by atoms with Gasteiger partial charge in [-0.3, -0.25) is 0 Å². The fourth-order valence-electron chi connectivity index (χ4n) is 1.82. The highest BCUT2D eigenvalue weighted by molar-refractivity contribution is 7.99. The van der Waals surface area contributed by atoms with Gasteiger partial charge in [-0.25, -0.2) is 0 Å². The van der Waals surface area contributed by atoms with Gasteiger partial charge in [0.05, 0.1) is 6.10 Å². The number of benzene rings is 1. The summed E-state index contributed by atoms with van der Waals surface area (Å²) in [4.78, 5) is 0. The van der Waals surface area contributed by atoms with Crippen LogP contribution in [-0.2, 0) is 10.5 Å². The molecule has 2 unspecified atom stereocenters. The van der Waals surface area contributed by atoms with Gasteiger partial charge in [0.2, 0.25) is 0 Å². The Morgan fingerprint density at radius 1 is 1.53 bits per heavy atom. The predicted molar refractivity (Wildman–Crippen MR) is 66.0 cm³/mol. The predicted octanol–water partition coefficient (Wildman–Crippen LogP) is 2.68. The zero-order valence-electron chi connectivity index (χ0n) is 8.98. The third-order valence-electron chi connectivity index (χ3n) is 2.72. The summed E-state index contributed by atoms with van der Waals surface area (Å²) < 4.78 is 5.53. The van der Waals surface area contributed by atoms with E-state index < -0.39 is 0 Å². The van der Waals surface area contributed by atoms with Crippen molar-refractivity contribution in [2.45, 2.75) is 30.5 Å². The van der Waals surface area contributed by atoms with Gasteiger partial charge in [-0.05, 0) is 31.0 Å². The van der Waals surface area contributed by atoms with E-state index >= 15 is 0 Å². The highest BCUT2D eigenvalue weighted by Crippen LogP contribution is 2.29. The molecule has 0 aliphatic carbocycles. The van der Waals surface area contributed by atoms with Crippen molar-refractivity contribution in [3.63, 3.8) is 0 Å². The topological polar surface area (TPSA) is 35.2 Å². The van der Waals surface area contributed by atoms with Crippen LogP contribution in [0.25, 0.3) is 0 Å². The molecule has 1 aliphatic rings. The first-order chi connectivity index (χ1) is 7.25. The molecule has 1 aliphatic heterocycles. The largest absolute Gasteiger partial charge is 0.399 e. The quantitative estimate of drug-likeness (QED) is 0.800. The molecule has 0 radical (unpaired) electrons. The molecule has 3 heteroatoms. The Labute approximate surface area is 95.2 Å². The zero-order chi connectivity index (χ0) is 10.7. The van der Waals surface area contributed by atoms with Crippen LogP contribution in [0.15, 0.2) is 24.3 Å². The van der Waals surface area contributed by atoms with Crippen LogP contribution in [0.1, 0.15) is 18.9 Å². The molecule has 1 fully saturated rings. The Morgan fingerprint density at radius 2 is 2.40 bits per heavy atom. The van der Waals surface area contributed by atoms with Crippen LogP contribution in [0.2, 0.25) is 0 Å². The van der Waals surface area contributed by atoms with Gasteiger partial charge in [0.15, 0.2) is 0 Å². The summed E-state index contributed by atoms with van der Waals surface area (Å²) in [5.74, 6) is 1.03. The number of hydrogen-bond acceptors (Lipinski definition) is 3. The summed E-state index contributed by atoms with van der Waals surface area (Å²) >= 11 is 1.97. The van der Waals surface area contributed by atoms with Gasteiger partial charge in [-0.2, -0.15) is 11.8 Å². The van der Waals surface area contributed by atoms with Crippen molar-refractivity contribution in [2.24, 2.45) is 0 Å². The number of rotatable bonds is 3. The number of nitrogen functional groups attached to an aromatic ring is 1. The maximum absolute atomic E-state index is 5.74. The molecule has 1 aromatic carbocycles. The summed E-state index contributed by atoms with van der Waals surface area (Å²) in [7, 11) is 0. The molecule has 2 N–H and O–H groups in total. The van der Waals surface area contributed by atoms with Crippen LogP contribution in [0.4, 0.5) is 5.69 Å². The highest BCUT2D eigenvalue weighted by atomic mass is 32.2. The lowest BCUT2D eigenvalue weighted by Crippen LogP contribution is -2.13. The van der Waals surface area contributed by atoms with Gasteiger partial charge in [-0.15, -0.1) is 0 Å². The Kier molecular flexibility index (Phi) is 3.54. The van der Waals surface area contributed by atoms with E-state index in [0.29, 0.717) is 11.4 Å². The number of nitrogens with two attached hydrogens (primary N) is 1. The average molecular weight is 223 g/mol. The average Bonchev–Trinajstić information content (AvgIpc) is 2.61. The van der Waals surface area contributed by atoms with Gasteiger partial charge < -0.3 is 10.5 Å². The molecule has 0 aromatic heterocycles. The molecule has 2 nitrogen and oxygen atoms in total. The second-order valence-corrected chi connectivity index (χ2v) is 5.19. The van der Waals surface area contributed by atoms with Crippen molar-refractivity contribution in [2.75, 3.05) is 12.3 Å². The fourth-order valence-corrected chi connectivity index (χ4v) is 3.02. The molecular formula is C12H17NOS. The number of thioether (sulfide) groups is 1. The van der Waals surface area contributed by atoms with Crippen LogP contribution in [-0.4, -0.2) is 18.0 Å². The Balaban J connectivity index is 1.87. The van der Waals surface area contributed by atoms with Crippen LogP contribution in [0, 0.1) is 0 Å². The van der Waals surface area contributed by atoms with Crippen LogP contribution < -0.4 is 5.73 Å². The van der Waals surface area contributed by atoms with E-state index in [2.05, 4.69) is 13.0 Å². The molecule has 82 valence electrons. The van der Waals surface area contributed by atoms with E-state index in [1.54, 1.807) is 0 Å². The zero-order valence-corrected chi connectivity index (χ0v) is 9.80. The Hall–Kier alpha value is -0.670. The minimum absolute atomic E-state index is 0.399. The van der Waals surface area contributed by atoms with Crippen molar-refractivity contribution in [1.82, 2.24) is 0 Å². The minimum atomic E-state index is 0.399. The Morgan fingerprint density at radius 3 is 3.07 bits per heavy atom. The first kappa shape index (κ1) is 10.8. The summed E-state index contributed by atoms with van der Waals surface area (Å²) in [5.41, 5.74) is 7.89. The van der Waals surface area contributed by atoms with Crippen LogP contribution in [0.3, 0.4) is 0 Å². The van der Waals surface area contributed by atoms with E-state index in [4.69, 9.17) is 10.5 Å². The smallest absolute Gasteiger partial charge is 0.0666 e. The second kappa shape index (κ2) is 4.90. The molecule has 1 heterocycles. The molecule has 0 saturated carbocycles. The van der Waals surface area contributed by atoms with Crippen molar-refractivity contribution < 1.29 is 4.74 Å². The molecular weight excluding hydrogens is 206 g/mol. The summed E-state index contributed by atoms with van der Waals surface area (Å²) in [5, 5.41) is 0.645. The molecule has 15 heavy (non-hydrogen) atoms. The third kappa shape index (κ3) is 2.89. The van der Waals surface area contributed by atoms with Gasteiger partial charge in [0.25, 0.3) is 0 Å². The fraction of sp³-hybridized carbons (Fsp3) is 0.500. The van der Waals surface area contributed by atoms with E-state index in [1.165, 1.54) is 12.0 Å². The second-order valence-electron chi connectivity index (χ2n) is 3.96. The van der Waals surface area contributed by atoms with Gasteiger partial charge >= 0.3 is 0 Å². The normalized spacial score (nSPS) is 25.7. The molecule has 0 spiro atoms. The number of anilines is 1. The lowest BCUT2D eigenvalue weighted by atomic mass is 10.2. The first-order valence-corrected chi connectivity index (χ1v) is 6.38.